The van der Waals surface area contributed by atoms with Crippen LogP contribution in [0.4, 0.5) is 10.1 Å². The fraction of sp³-hybridized carbons (Fsp3) is 0.462. The third-order valence-electron chi connectivity index (χ3n) is 3.50. The molecule has 1 fully saturated rings. The third kappa shape index (κ3) is 3.61. The fourth-order valence-electron chi connectivity index (χ4n) is 2.12. The van der Waals surface area contributed by atoms with Gasteiger partial charge in [-0.2, -0.15) is 0 Å². The monoisotopic (exact) mass is 322 g/mol. The van der Waals surface area contributed by atoms with Gasteiger partial charge in [0.05, 0.1) is 10.4 Å². The summed E-state index contributed by atoms with van der Waals surface area (Å²) in [5.41, 5.74) is 5.49. The molecule has 3 N–H and O–H groups in total. The molecule has 1 aromatic rings. The van der Waals surface area contributed by atoms with Crippen LogP contribution >= 0.6 is 24.0 Å². The molecule has 1 aliphatic heterocycles. The molecule has 0 unspecified atom stereocenters. The van der Waals surface area contributed by atoms with Gasteiger partial charge in [-0.25, -0.2) is 4.39 Å². The highest BCUT2D eigenvalue weighted by Gasteiger charge is 2.38. The number of anilines is 1. The summed E-state index contributed by atoms with van der Waals surface area (Å²) in [5.74, 6) is -0.756. The Kier molecular flexibility index (Phi) is 6.20. The zero-order chi connectivity index (χ0) is 13.9. The minimum atomic E-state index is -0.631. The van der Waals surface area contributed by atoms with Crippen molar-refractivity contribution < 1.29 is 13.9 Å². The van der Waals surface area contributed by atoms with Crippen molar-refractivity contribution in [2.24, 2.45) is 11.1 Å². The first kappa shape index (κ1) is 17.2. The van der Waals surface area contributed by atoms with Crippen LogP contribution in [0, 0.1) is 11.2 Å². The summed E-state index contributed by atoms with van der Waals surface area (Å²) in [7, 11) is 0. The maximum absolute atomic E-state index is 13.3. The number of hydrogen-bond donors (Lipinski definition) is 2. The molecule has 7 heteroatoms. The Morgan fingerprint density at radius 1 is 1.45 bits per heavy atom. The summed E-state index contributed by atoms with van der Waals surface area (Å²) >= 11 is 5.60. The van der Waals surface area contributed by atoms with Gasteiger partial charge in [0.1, 0.15) is 5.82 Å². The maximum atomic E-state index is 13.3. The number of nitrogens with two attached hydrogens (primary N) is 1. The normalized spacial score (nSPS) is 17.1. The Morgan fingerprint density at radius 2 is 2.10 bits per heavy atom. The average molecular weight is 323 g/mol. The number of hydrogen-bond acceptors (Lipinski definition) is 3. The van der Waals surface area contributed by atoms with Crippen molar-refractivity contribution in [1.82, 2.24) is 0 Å². The molecule has 20 heavy (non-hydrogen) atoms. The zero-order valence-corrected chi connectivity index (χ0v) is 12.4. The summed E-state index contributed by atoms with van der Waals surface area (Å²) in [6.07, 6.45) is 1.15. The Morgan fingerprint density at radius 3 is 2.65 bits per heavy atom. The van der Waals surface area contributed by atoms with Gasteiger partial charge in [-0.05, 0) is 31.0 Å². The topological polar surface area (TPSA) is 64.4 Å². The number of benzene rings is 1. The second kappa shape index (κ2) is 7.22. The van der Waals surface area contributed by atoms with E-state index in [0.29, 0.717) is 31.7 Å². The number of rotatable bonds is 3. The van der Waals surface area contributed by atoms with Gasteiger partial charge in [-0.1, -0.05) is 11.6 Å². The molecule has 0 saturated carbocycles. The molecular weight excluding hydrogens is 306 g/mol. The van der Waals surface area contributed by atoms with E-state index in [1.165, 1.54) is 12.1 Å². The van der Waals surface area contributed by atoms with E-state index >= 15 is 0 Å². The predicted molar refractivity (Wildman–Crippen MR) is 78.8 cm³/mol. The highest BCUT2D eigenvalue weighted by molar-refractivity contribution is 6.30. The first-order chi connectivity index (χ1) is 9.07. The van der Waals surface area contributed by atoms with E-state index in [0.717, 1.165) is 0 Å². The lowest BCUT2D eigenvalue weighted by Gasteiger charge is -2.34. The number of ether oxygens (including phenoxy) is 1. The van der Waals surface area contributed by atoms with Crippen molar-refractivity contribution in [1.29, 1.82) is 0 Å². The van der Waals surface area contributed by atoms with Gasteiger partial charge in [-0.15, -0.1) is 12.4 Å². The summed E-state index contributed by atoms with van der Waals surface area (Å²) < 4.78 is 18.6. The van der Waals surface area contributed by atoms with E-state index in [9.17, 15) is 9.18 Å². The van der Waals surface area contributed by atoms with Crippen LogP contribution in [-0.2, 0) is 9.53 Å². The van der Waals surface area contributed by atoms with E-state index in [1.54, 1.807) is 6.07 Å². The van der Waals surface area contributed by atoms with Crippen molar-refractivity contribution in [3.05, 3.63) is 29.0 Å². The molecule has 4 nitrogen and oxygen atoms in total. The fourth-order valence-corrected chi connectivity index (χ4v) is 2.24. The molecule has 0 aliphatic carbocycles. The first-order valence-electron chi connectivity index (χ1n) is 6.12. The Balaban J connectivity index is 0.00000200. The van der Waals surface area contributed by atoms with Gasteiger partial charge in [-0.3, -0.25) is 4.79 Å². The first-order valence-corrected chi connectivity index (χ1v) is 6.49. The maximum Gasteiger partial charge on any atom is 0.232 e. The summed E-state index contributed by atoms with van der Waals surface area (Å²) in [6.45, 7) is 1.28. The van der Waals surface area contributed by atoms with E-state index < -0.39 is 11.2 Å². The van der Waals surface area contributed by atoms with Gasteiger partial charge >= 0.3 is 0 Å². The van der Waals surface area contributed by atoms with Crippen LogP contribution in [0.25, 0.3) is 0 Å². The smallest absolute Gasteiger partial charge is 0.232 e. The van der Waals surface area contributed by atoms with E-state index in [-0.39, 0.29) is 29.9 Å². The lowest BCUT2D eigenvalue weighted by atomic mass is 9.79. The number of carbonyl (C=O) groups excluding carboxylic acids is 1. The van der Waals surface area contributed by atoms with Gasteiger partial charge < -0.3 is 15.8 Å². The van der Waals surface area contributed by atoms with Crippen LogP contribution < -0.4 is 11.1 Å². The molecule has 1 saturated heterocycles. The lowest BCUT2D eigenvalue weighted by molar-refractivity contribution is -0.130. The van der Waals surface area contributed by atoms with Crippen molar-refractivity contribution in [3.8, 4) is 0 Å². The molecule has 0 aromatic heterocycles. The van der Waals surface area contributed by atoms with Crippen molar-refractivity contribution in [2.75, 3.05) is 25.1 Å². The number of halogens is 3. The average Bonchev–Trinajstić information content (AvgIpc) is 2.43. The van der Waals surface area contributed by atoms with Gasteiger partial charge in [0.25, 0.3) is 0 Å². The highest BCUT2D eigenvalue weighted by Crippen LogP contribution is 2.31. The summed E-state index contributed by atoms with van der Waals surface area (Å²) in [4.78, 5) is 12.3. The van der Waals surface area contributed by atoms with Crippen LogP contribution in [0.3, 0.4) is 0 Å². The highest BCUT2D eigenvalue weighted by atomic mass is 35.5. The number of carbonyl (C=O) groups is 1. The predicted octanol–water partition coefficient (Wildman–Crippen LogP) is 2.59. The minimum absolute atomic E-state index is 0. The molecule has 0 bridgehead atoms. The van der Waals surface area contributed by atoms with Crippen LogP contribution in [0.5, 0.6) is 0 Å². The van der Waals surface area contributed by atoms with E-state index in [1.807, 2.05) is 0 Å². The molecule has 0 radical (unpaired) electrons. The van der Waals surface area contributed by atoms with E-state index in [4.69, 9.17) is 22.1 Å². The molecule has 112 valence electrons. The minimum Gasteiger partial charge on any atom is -0.381 e. The van der Waals surface area contributed by atoms with Crippen LogP contribution in [0.15, 0.2) is 18.2 Å². The molecule has 0 spiro atoms. The molecular formula is C13H17Cl2FN2O2. The zero-order valence-electron chi connectivity index (χ0n) is 10.8. The molecule has 2 rings (SSSR count). The standard InChI is InChI=1S/C13H16ClFN2O2.ClH/c14-10-2-1-9(7-11(10)15)17-12(18)13(8-16)3-5-19-6-4-13;/h1-2,7H,3-6,8,16H2,(H,17,18);1H. The number of amides is 1. The third-order valence-corrected chi connectivity index (χ3v) is 3.81. The van der Waals surface area contributed by atoms with Crippen LogP contribution in [0.1, 0.15) is 12.8 Å². The summed E-state index contributed by atoms with van der Waals surface area (Å²) in [6, 6.07) is 4.17. The van der Waals surface area contributed by atoms with Gasteiger partial charge in [0, 0.05) is 25.4 Å². The van der Waals surface area contributed by atoms with Crippen molar-refractivity contribution in [3.63, 3.8) is 0 Å². The molecule has 1 amide bonds. The van der Waals surface area contributed by atoms with Crippen LogP contribution in [0.2, 0.25) is 5.02 Å². The van der Waals surface area contributed by atoms with Crippen molar-refractivity contribution >= 4 is 35.6 Å². The Bertz CT molecular complexity index is 479. The molecule has 1 aliphatic rings. The second-order valence-corrected chi connectivity index (χ2v) is 5.09. The quantitative estimate of drug-likeness (QED) is 0.899. The lowest BCUT2D eigenvalue weighted by Crippen LogP contribution is -2.46. The number of nitrogens with one attached hydrogen (secondary N) is 1. The Labute approximate surface area is 128 Å². The summed E-state index contributed by atoms with van der Waals surface area (Å²) in [5, 5.41) is 2.72. The van der Waals surface area contributed by atoms with Gasteiger partial charge in [0.15, 0.2) is 0 Å². The molecule has 1 aromatic carbocycles. The largest absolute Gasteiger partial charge is 0.381 e. The second-order valence-electron chi connectivity index (χ2n) is 4.68. The molecule has 0 atom stereocenters. The Hall–Kier alpha value is -0.880. The molecule has 1 heterocycles. The van der Waals surface area contributed by atoms with E-state index in [2.05, 4.69) is 5.32 Å². The SMILES string of the molecule is Cl.NCC1(C(=O)Nc2ccc(Cl)c(F)c2)CCOCC1. The van der Waals surface area contributed by atoms with Crippen LogP contribution in [-0.4, -0.2) is 25.7 Å². The van der Waals surface area contributed by atoms with Gasteiger partial charge in [0.2, 0.25) is 5.91 Å². The van der Waals surface area contributed by atoms with Crippen molar-refractivity contribution in [2.45, 2.75) is 12.8 Å².